The number of para-hydroxylation sites is 1. The van der Waals surface area contributed by atoms with Crippen LogP contribution in [0.1, 0.15) is 0 Å². The fourth-order valence-electron chi connectivity index (χ4n) is 1.95. The van der Waals surface area contributed by atoms with Crippen molar-refractivity contribution in [2.75, 3.05) is 17.7 Å². The number of anilines is 3. The van der Waals surface area contributed by atoms with Crippen LogP contribution in [0.15, 0.2) is 48.5 Å². The lowest BCUT2D eigenvalue weighted by atomic mass is 10.2. The lowest BCUT2D eigenvalue weighted by molar-refractivity contribution is 1.19. The molecular formula is C15H13IN4. The molecule has 100 valence electrons. The molecule has 5 heteroatoms. The van der Waals surface area contributed by atoms with Crippen LogP contribution >= 0.6 is 22.6 Å². The third kappa shape index (κ3) is 2.67. The molecule has 1 heterocycles. The second-order valence-electron chi connectivity index (χ2n) is 4.29. The largest absolute Gasteiger partial charge is 0.357 e. The zero-order valence-electron chi connectivity index (χ0n) is 10.9. The summed E-state index contributed by atoms with van der Waals surface area (Å²) in [5.41, 5.74) is 1.93. The second kappa shape index (κ2) is 5.62. The van der Waals surface area contributed by atoms with Gasteiger partial charge in [-0.15, -0.1) is 0 Å². The molecule has 0 amide bonds. The van der Waals surface area contributed by atoms with Gasteiger partial charge in [0.1, 0.15) is 5.82 Å². The molecule has 0 fully saturated rings. The van der Waals surface area contributed by atoms with Crippen LogP contribution in [0.2, 0.25) is 0 Å². The molecule has 3 aromatic rings. The van der Waals surface area contributed by atoms with Crippen molar-refractivity contribution in [3.05, 3.63) is 52.1 Å². The molecule has 4 nitrogen and oxygen atoms in total. The summed E-state index contributed by atoms with van der Waals surface area (Å²) in [6, 6.07) is 16.2. The zero-order chi connectivity index (χ0) is 13.9. The summed E-state index contributed by atoms with van der Waals surface area (Å²) in [5, 5.41) is 7.35. The highest BCUT2D eigenvalue weighted by Crippen LogP contribution is 2.25. The summed E-state index contributed by atoms with van der Waals surface area (Å²) >= 11 is 2.29. The van der Waals surface area contributed by atoms with Crippen LogP contribution in [0.5, 0.6) is 0 Å². The van der Waals surface area contributed by atoms with Gasteiger partial charge in [-0.3, -0.25) is 0 Å². The summed E-state index contributed by atoms with van der Waals surface area (Å²) in [6.07, 6.45) is 0. The Morgan fingerprint density at radius 3 is 2.45 bits per heavy atom. The van der Waals surface area contributed by atoms with E-state index in [0.29, 0.717) is 5.95 Å². The van der Waals surface area contributed by atoms with E-state index in [0.717, 1.165) is 22.4 Å². The van der Waals surface area contributed by atoms with E-state index in [2.05, 4.69) is 55.3 Å². The van der Waals surface area contributed by atoms with Gasteiger partial charge in [-0.1, -0.05) is 12.1 Å². The van der Waals surface area contributed by atoms with Gasteiger partial charge in [0.2, 0.25) is 5.95 Å². The molecule has 0 aliphatic rings. The van der Waals surface area contributed by atoms with Crippen molar-refractivity contribution in [3.8, 4) is 0 Å². The van der Waals surface area contributed by atoms with Crippen molar-refractivity contribution in [2.24, 2.45) is 0 Å². The van der Waals surface area contributed by atoms with Gasteiger partial charge >= 0.3 is 0 Å². The first kappa shape index (κ1) is 13.1. The number of benzene rings is 2. The van der Waals surface area contributed by atoms with Crippen molar-refractivity contribution in [3.63, 3.8) is 0 Å². The third-order valence-corrected chi connectivity index (χ3v) is 3.65. The monoisotopic (exact) mass is 376 g/mol. The van der Waals surface area contributed by atoms with Crippen molar-refractivity contribution >= 4 is 50.9 Å². The molecule has 0 bridgehead atoms. The molecule has 3 rings (SSSR count). The fourth-order valence-corrected chi connectivity index (χ4v) is 2.31. The van der Waals surface area contributed by atoms with Crippen LogP contribution in [-0.2, 0) is 0 Å². The molecule has 1 aromatic heterocycles. The lowest BCUT2D eigenvalue weighted by Crippen LogP contribution is -2.01. The molecule has 20 heavy (non-hydrogen) atoms. The summed E-state index contributed by atoms with van der Waals surface area (Å²) in [6.45, 7) is 0. The van der Waals surface area contributed by atoms with E-state index in [9.17, 15) is 0 Å². The average Bonchev–Trinajstić information content (AvgIpc) is 2.49. The SMILES string of the molecule is CNc1nc(Nc2ccc(I)cc2)c2ccccc2n1. The Hall–Kier alpha value is -1.89. The number of aromatic nitrogens is 2. The van der Waals surface area contributed by atoms with Crippen molar-refractivity contribution in [1.29, 1.82) is 0 Å². The maximum Gasteiger partial charge on any atom is 0.224 e. The van der Waals surface area contributed by atoms with E-state index in [-0.39, 0.29) is 0 Å². The maximum absolute atomic E-state index is 4.50. The molecule has 0 spiro atoms. The highest BCUT2D eigenvalue weighted by molar-refractivity contribution is 14.1. The Labute approximate surface area is 130 Å². The van der Waals surface area contributed by atoms with Crippen LogP contribution < -0.4 is 10.6 Å². The van der Waals surface area contributed by atoms with E-state index in [4.69, 9.17) is 0 Å². The molecule has 0 aliphatic heterocycles. The molecule has 0 saturated carbocycles. The molecule has 0 radical (unpaired) electrons. The molecular weight excluding hydrogens is 363 g/mol. The Balaban J connectivity index is 2.07. The predicted molar refractivity (Wildman–Crippen MR) is 91.5 cm³/mol. The van der Waals surface area contributed by atoms with Gasteiger partial charge in [0, 0.05) is 21.7 Å². The minimum absolute atomic E-state index is 0.608. The molecule has 2 aromatic carbocycles. The average molecular weight is 376 g/mol. The molecule has 0 saturated heterocycles. The smallest absolute Gasteiger partial charge is 0.224 e. The van der Waals surface area contributed by atoms with Gasteiger partial charge in [-0.05, 0) is 59.0 Å². The summed E-state index contributed by atoms with van der Waals surface area (Å²) < 4.78 is 1.21. The standard InChI is InChI=1S/C15H13IN4/c1-17-15-19-13-5-3-2-4-12(13)14(20-15)18-11-8-6-10(16)7-9-11/h2-9H,1H3,(H2,17,18,19,20). The van der Waals surface area contributed by atoms with E-state index >= 15 is 0 Å². The zero-order valence-corrected chi connectivity index (χ0v) is 13.0. The number of hydrogen-bond acceptors (Lipinski definition) is 4. The normalized spacial score (nSPS) is 10.5. The fraction of sp³-hybridized carbons (Fsp3) is 0.0667. The van der Waals surface area contributed by atoms with E-state index in [1.165, 1.54) is 3.57 Å². The number of hydrogen-bond donors (Lipinski definition) is 2. The Morgan fingerprint density at radius 1 is 0.950 bits per heavy atom. The molecule has 0 unspecified atom stereocenters. The summed E-state index contributed by atoms with van der Waals surface area (Å²) in [7, 11) is 1.82. The third-order valence-electron chi connectivity index (χ3n) is 2.93. The summed E-state index contributed by atoms with van der Waals surface area (Å²) in [4.78, 5) is 8.95. The Bertz CT molecular complexity index is 740. The first-order valence-electron chi connectivity index (χ1n) is 6.23. The van der Waals surface area contributed by atoms with Gasteiger partial charge in [0.15, 0.2) is 0 Å². The molecule has 0 atom stereocenters. The van der Waals surface area contributed by atoms with E-state index < -0.39 is 0 Å². The molecule has 0 aliphatic carbocycles. The van der Waals surface area contributed by atoms with Gasteiger partial charge in [-0.2, -0.15) is 4.98 Å². The highest BCUT2D eigenvalue weighted by Gasteiger charge is 2.06. The van der Waals surface area contributed by atoms with Gasteiger partial charge in [-0.25, -0.2) is 4.98 Å². The van der Waals surface area contributed by atoms with E-state index in [1.807, 2.05) is 43.4 Å². The molecule has 2 N–H and O–H groups in total. The number of rotatable bonds is 3. The Morgan fingerprint density at radius 2 is 1.70 bits per heavy atom. The maximum atomic E-state index is 4.50. The second-order valence-corrected chi connectivity index (χ2v) is 5.54. The Kier molecular flexibility index (Phi) is 3.68. The van der Waals surface area contributed by atoms with Crippen LogP contribution in [-0.4, -0.2) is 17.0 Å². The van der Waals surface area contributed by atoms with Crippen LogP contribution in [0.25, 0.3) is 10.9 Å². The van der Waals surface area contributed by atoms with Gasteiger partial charge < -0.3 is 10.6 Å². The summed E-state index contributed by atoms with van der Waals surface area (Å²) in [5.74, 6) is 1.41. The van der Waals surface area contributed by atoms with Crippen LogP contribution in [0.4, 0.5) is 17.5 Å². The predicted octanol–water partition coefficient (Wildman–Crippen LogP) is 4.02. The minimum atomic E-state index is 0.608. The number of halogens is 1. The first-order chi connectivity index (χ1) is 9.76. The number of nitrogens with one attached hydrogen (secondary N) is 2. The first-order valence-corrected chi connectivity index (χ1v) is 7.31. The van der Waals surface area contributed by atoms with Crippen molar-refractivity contribution < 1.29 is 0 Å². The van der Waals surface area contributed by atoms with Crippen LogP contribution in [0, 0.1) is 3.57 Å². The topological polar surface area (TPSA) is 49.8 Å². The van der Waals surface area contributed by atoms with Crippen molar-refractivity contribution in [1.82, 2.24) is 9.97 Å². The van der Waals surface area contributed by atoms with Gasteiger partial charge in [0.25, 0.3) is 0 Å². The lowest BCUT2D eigenvalue weighted by Gasteiger charge is -2.10. The number of nitrogens with zero attached hydrogens (tertiary/aromatic N) is 2. The minimum Gasteiger partial charge on any atom is -0.357 e. The van der Waals surface area contributed by atoms with Crippen LogP contribution in [0.3, 0.4) is 0 Å². The van der Waals surface area contributed by atoms with Crippen molar-refractivity contribution in [2.45, 2.75) is 0 Å². The number of fused-ring (bicyclic) bond motifs is 1. The highest BCUT2D eigenvalue weighted by atomic mass is 127. The van der Waals surface area contributed by atoms with E-state index in [1.54, 1.807) is 0 Å². The quantitative estimate of drug-likeness (QED) is 0.678. The van der Waals surface area contributed by atoms with Gasteiger partial charge in [0.05, 0.1) is 5.52 Å².